The van der Waals surface area contributed by atoms with Gasteiger partial charge in [-0.15, -0.1) is 0 Å². The molecule has 3 N–H and O–H groups in total. The van der Waals surface area contributed by atoms with Crippen LogP contribution in [0.5, 0.6) is 10.9 Å². The first-order valence-electron chi connectivity index (χ1n) is 10.3. The van der Waals surface area contributed by atoms with E-state index in [1.54, 1.807) is 29.3 Å². The second kappa shape index (κ2) is 7.20. The minimum Gasteiger partial charge on any atom is -0.463 e. The normalized spacial score (nSPS) is 21.6. The van der Waals surface area contributed by atoms with E-state index in [0.717, 1.165) is 11.1 Å². The maximum Gasteiger partial charge on any atom is 0.315 e. The molecule has 4 heterocycles. The molecule has 3 amide bonds. The number of rotatable bonds is 5. The van der Waals surface area contributed by atoms with Crippen LogP contribution in [0.3, 0.4) is 0 Å². The van der Waals surface area contributed by atoms with Crippen molar-refractivity contribution in [3.8, 4) is 10.9 Å². The SMILES string of the molecule is NC(=O)N1CC2CC2C1CNC(=O)c1coc2cc(Oc3nc4ncccc4s3)ccc12. The maximum atomic E-state index is 12.8. The molecule has 2 fully saturated rings. The van der Waals surface area contributed by atoms with Crippen LogP contribution in [-0.4, -0.2) is 45.9 Å². The Labute approximate surface area is 186 Å². The minimum absolute atomic E-state index is 0.0390. The zero-order valence-corrected chi connectivity index (χ0v) is 17.7. The topological polar surface area (TPSA) is 124 Å². The highest BCUT2D eigenvalue weighted by atomic mass is 32.1. The van der Waals surface area contributed by atoms with Crippen molar-refractivity contribution in [2.24, 2.45) is 17.6 Å². The molecule has 0 bridgehead atoms. The summed E-state index contributed by atoms with van der Waals surface area (Å²) in [5, 5.41) is 4.10. The number of carbonyl (C=O) groups is 2. The maximum absolute atomic E-state index is 12.8. The first-order chi connectivity index (χ1) is 15.6. The number of ether oxygens (including phenoxy) is 1. The number of furan rings is 1. The van der Waals surface area contributed by atoms with Gasteiger partial charge >= 0.3 is 6.03 Å². The predicted molar refractivity (Wildman–Crippen MR) is 118 cm³/mol. The van der Waals surface area contributed by atoms with Crippen LogP contribution >= 0.6 is 11.3 Å². The van der Waals surface area contributed by atoms with Crippen LogP contribution in [0.4, 0.5) is 4.79 Å². The van der Waals surface area contributed by atoms with Crippen LogP contribution in [0.1, 0.15) is 16.8 Å². The van der Waals surface area contributed by atoms with E-state index in [-0.39, 0.29) is 11.9 Å². The van der Waals surface area contributed by atoms with Crippen molar-refractivity contribution in [2.45, 2.75) is 12.5 Å². The molecular weight excluding hydrogens is 430 g/mol. The first-order valence-corrected chi connectivity index (χ1v) is 11.1. The molecule has 2 aliphatic rings. The number of amides is 3. The summed E-state index contributed by atoms with van der Waals surface area (Å²) < 4.78 is 12.4. The third-order valence-corrected chi connectivity index (χ3v) is 7.09. The summed E-state index contributed by atoms with van der Waals surface area (Å²) in [5.74, 6) is 1.26. The van der Waals surface area contributed by atoms with Crippen LogP contribution in [-0.2, 0) is 0 Å². The van der Waals surface area contributed by atoms with Gasteiger partial charge in [0.2, 0.25) is 0 Å². The van der Waals surface area contributed by atoms with E-state index in [0.29, 0.717) is 58.0 Å². The van der Waals surface area contributed by atoms with Gasteiger partial charge in [0.25, 0.3) is 11.1 Å². The molecule has 1 aromatic carbocycles. The van der Waals surface area contributed by atoms with Crippen molar-refractivity contribution in [1.29, 1.82) is 0 Å². The molecule has 1 aliphatic heterocycles. The molecule has 9 nitrogen and oxygen atoms in total. The highest BCUT2D eigenvalue weighted by Gasteiger charge is 2.53. The van der Waals surface area contributed by atoms with Crippen molar-refractivity contribution in [2.75, 3.05) is 13.1 Å². The fourth-order valence-electron chi connectivity index (χ4n) is 4.52. The van der Waals surface area contributed by atoms with Gasteiger partial charge in [-0.1, -0.05) is 11.3 Å². The summed E-state index contributed by atoms with van der Waals surface area (Å²) in [6.45, 7) is 1.06. The highest BCUT2D eigenvalue weighted by molar-refractivity contribution is 7.20. The van der Waals surface area contributed by atoms with Crippen molar-refractivity contribution >= 4 is 44.6 Å². The number of nitrogens with two attached hydrogens (primary N) is 1. The van der Waals surface area contributed by atoms with Gasteiger partial charge in [0, 0.05) is 30.7 Å². The number of benzene rings is 1. The molecule has 3 aromatic heterocycles. The number of thiazole rings is 1. The van der Waals surface area contributed by atoms with E-state index < -0.39 is 6.03 Å². The molecule has 3 atom stereocenters. The molecule has 162 valence electrons. The molecule has 1 aliphatic carbocycles. The number of likely N-dealkylation sites (tertiary alicyclic amines) is 1. The summed E-state index contributed by atoms with van der Waals surface area (Å²) in [4.78, 5) is 34.7. The lowest BCUT2D eigenvalue weighted by Crippen LogP contribution is -2.47. The van der Waals surface area contributed by atoms with Crippen LogP contribution in [0, 0.1) is 11.8 Å². The zero-order valence-electron chi connectivity index (χ0n) is 16.9. The molecule has 1 saturated heterocycles. The molecule has 6 rings (SSSR count). The van der Waals surface area contributed by atoms with Gasteiger partial charge in [-0.3, -0.25) is 4.79 Å². The number of urea groups is 1. The first kappa shape index (κ1) is 19.1. The third kappa shape index (κ3) is 3.23. The number of primary amides is 1. The number of nitrogens with zero attached hydrogens (tertiary/aromatic N) is 3. The van der Waals surface area contributed by atoms with Crippen molar-refractivity contribution in [3.05, 3.63) is 48.4 Å². The molecule has 10 heteroatoms. The van der Waals surface area contributed by atoms with E-state index in [9.17, 15) is 9.59 Å². The number of pyridine rings is 1. The van der Waals surface area contributed by atoms with Crippen LogP contribution in [0.25, 0.3) is 21.3 Å². The lowest BCUT2D eigenvalue weighted by atomic mass is 10.1. The standard InChI is InChI=1S/C22H19N5O4S/c23-21(29)27-9-11-6-14(11)16(27)8-25-20(28)15-10-30-17-7-12(3-4-13(15)17)31-22-26-19-18(32-22)2-1-5-24-19/h1-5,7,10-11,14,16H,6,8-9H2,(H2,23,29)(H,25,28). The lowest BCUT2D eigenvalue weighted by molar-refractivity contribution is 0.0940. The quantitative estimate of drug-likeness (QED) is 0.482. The number of hydrogen-bond acceptors (Lipinski definition) is 7. The van der Waals surface area contributed by atoms with Gasteiger partial charge in [0.1, 0.15) is 17.6 Å². The van der Waals surface area contributed by atoms with E-state index in [1.165, 1.54) is 17.6 Å². The van der Waals surface area contributed by atoms with E-state index >= 15 is 0 Å². The lowest BCUT2D eigenvalue weighted by Gasteiger charge is -2.25. The van der Waals surface area contributed by atoms with Gasteiger partial charge in [0.05, 0.1) is 16.3 Å². The summed E-state index contributed by atoms with van der Waals surface area (Å²) >= 11 is 1.40. The number of hydrogen-bond donors (Lipinski definition) is 2. The average molecular weight is 449 g/mol. The molecule has 0 spiro atoms. The van der Waals surface area contributed by atoms with Gasteiger partial charge < -0.3 is 25.1 Å². The summed E-state index contributed by atoms with van der Waals surface area (Å²) in [7, 11) is 0. The Morgan fingerprint density at radius 3 is 3.09 bits per heavy atom. The summed E-state index contributed by atoms with van der Waals surface area (Å²) in [5.41, 5.74) is 7.09. The average Bonchev–Trinajstić information content (AvgIpc) is 3.12. The summed E-state index contributed by atoms with van der Waals surface area (Å²) in [6.07, 6.45) is 4.21. The molecule has 0 radical (unpaired) electrons. The van der Waals surface area contributed by atoms with E-state index in [1.807, 2.05) is 12.1 Å². The Morgan fingerprint density at radius 2 is 2.25 bits per heavy atom. The number of fused-ring (bicyclic) bond motifs is 3. The largest absolute Gasteiger partial charge is 0.463 e. The van der Waals surface area contributed by atoms with Crippen LogP contribution in [0.15, 0.2) is 47.2 Å². The van der Waals surface area contributed by atoms with Gasteiger partial charge in [-0.05, 0) is 42.5 Å². The smallest absolute Gasteiger partial charge is 0.315 e. The van der Waals surface area contributed by atoms with Crippen molar-refractivity contribution in [1.82, 2.24) is 20.2 Å². The second-order valence-corrected chi connectivity index (χ2v) is 9.14. The fourth-order valence-corrected chi connectivity index (χ4v) is 5.31. The number of nitrogens with one attached hydrogen (secondary N) is 1. The van der Waals surface area contributed by atoms with Gasteiger partial charge in [-0.2, -0.15) is 4.98 Å². The Bertz CT molecular complexity index is 1330. The Kier molecular flexibility index (Phi) is 4.29. The number of piperidine rings is 1. The Morgan fingerprint density at radius 1 is 1.34 bits per heavy atom. The summed E-state index contributed by atoms with van der Waals surface area (Å²) in [6, 6.07) is 8.61. The third-order valence-electron chi connectivity index (χ3n) is 6.20. The molecule has 1 saturated carbocycles. The molecule has 4 aromatic rings. The molecule has 32 heavy (non-hydrogen) atoms. The monoisotopic (exact) mass is 449 g/mol. The second-order valence-electron chi connectivity index (χ2n) is 8.14. The van der Waals surface area contributed by atoms with Gasteiger partial charge in [0.15, 0.2) is 5.65 Å². The Balaban J connectivity index is 1.17. The molecule has 3 unspecified atom stereocenters. The number of aromatic nitrogens is 2. The Hall–Kier alpha value is -3.66. The number of carbonyl (C=O) groups excluding carboxylic acids is 2. The van der Waals surface area contributed by atoms with Crippen LogP contribution in [0.2, 0.25) is 0 Å². The minimum atomic E-state index is -0.429. The zero-order chi connectivity index (χ0) is 21.8. The van der Waals surface area contributed by atoms with E-state index in [4.69, 9.17) is 14.9 Å². The molecular formula is C22H19N5O4S. The van der Waals surface area contributed by atoms with E-state index in [2.05, 4.69) is 15.3 Å². The van der Waals surface area contributed by atoms with Gasteiger partial charge in [-0.25, -0.2) is 9.78 Å². The fraction of sp³-hybridized carbons (Fsp3) is 0.273. The van der Waals surface area contributed by atoms with Crippen molar-refractivity contribution in [3.63, 3.8) is 0 Å². The van der Waals surface area contributed by atoms with Crippen molar-refractivity contribution < 1.29 is 18.7 Å². The highest BCUT2D eigenvalue weighted by Crippen LogP contribution is 2.49. The van der Waals surface area contributed by atoms with Crippen LogP contribution < -0.4 is 15.8 Å². The predicted octanol–water partition coefficient (Wildman–Crippen LogP) is 3.36.